The third-order valence-electron chi connectivity index (χ3n) is 2.99. The van der Waals surface area contributed by atoms with Crippen LogP contribution in [0.25, 0.3) is 0 Å². The molecule has 5 heteroatoms. The summed E-state index contributed by atoms with van der Waals surface area (Å²) >= 11 is 1.64. The van der Waals surface area contributed by atoms with Crippen LogP contribution in [0.15, 0.2) is 29.2 Å². The van der Waals surface area contributed by atoms with Gasteiger partial charge in [0.1, 0.15) is 0 Å². The second-order valence-electron chi connectivity index (χ2n) is 4.99. The van der Waals surface area contributed by atoms with Gasteiger partial charge in [0, 0.05) is 31.2 Å². The first kappa shape index (κ1) is 15.1. The van der Waals surface area contributed by atoms with Crippen LogP contribution in [0.3, 0.4) is 0 Å². The molecule has 0 amide bonds. The van der Waals surface area contributed by atoms with Gasteiger partial charge in [0.25, 0.3) is 0 Å². The molecule has 2 aromatic heterocycles. The summed E-state index contributed by atoms with van der Waals surface area (Å²) in [6.07, 6.45) is 3.13. The Labute approximate surface area is 124 Å². The Hall–Kier alpha value is -1.30. The van der Waals surface area contributed by atoms with Crippen LogP contribution in [-0.2, 0) is 19.6 Å². The quantitative estimate of drug-likeness (QED) is 0.759. The lowest BCUT2D eigenvalue weighted by Gasteiger charge is -2.14. The van der Waals surface area contributed by atoms with Crippen LogP contribution in [0.2, 0.25) is 0 Å². The lowest BCUT2D eigenvalue weighted by atomic mass is 10.2. The Balaban J connectivity index is 1.80. The predicted octanol–water partition coefficient (Wildman–Crippen LogP) is 2.67. The highest BCUT2D eigenvalue weighted by Crippen LogP contribution is 2.08. The van der Waals surface area contributed by atoms with Gasteiger partial charge in [-0.15, -0.1) is 11.3 Å². The highest BCUT2D eigenvalue weighted by atomic mass is 32.1. The van der Waals surface area contributed by atoms with Gasteiger partial charge in [-0.25, -0.2) is 4.98 Å². The first-order valence-electron chi connectivity index (χ1n) is 6.98. The molecule has 2 aromatic rings. The van der Waals surface area contributed by atoms with Gasteiger partial charge in [0.15, 0.2) is 0 Å². The molecule has 2 rings (SSSR count). The molecule has 0 saturated carbocycles. The Kier molecular flexibility index (Phi) is 6.11. The summed E-state index contributed by atoms with van der Waals surface area (Å²) in [5.74, 6) is 0. The molecule has 0 aliphatic carbocycles. The molecule has 0 saturated heterocycles. The van der Waals surface area contributed by atoms with Crippen molar-refractivity contribution in [3.8, 4) is 0 Å². The van der Waals surface area contributed by atoms with Crippen molar-refractivity contribution < 1.29 is 0 Å². The Morgan fingerprint density at radius 2 is 2.05 bits per heavy atom. The SMILES string of the molecule is CCCNCc1ccc(CN(C)Cc2cscn2)nc1. The molecule has 0 aliphatic heterocycles. The van der Waals surface area contributed by atoms with Crippen molar-refractivity contribution >= 4 is 11.3 Å². The van der Waals surface area contributed by atoms with Crippen molar-refractivity contribution in [2.45, 2.75) is 33.0 Å². The maximum absolute atomic E-state index is 4.53. The lowest BCUT2D eigenvalue weighted by Crippen LogP contribution is -2.18. The van der Waals surface area contributed by atoms with Crippen LogP contribution >= 0.6 is 11.3 Å². The zero-order valence-electron chi connectivity index (χ0n) is 12.2. The second kappa shape index (κ2) is 8.09. The summed E-state index contributed by atoms with van der Waals surface area (Å²) in [6, 6.07) is 4.27. The van der Waals surface area contributed by atoms with Crippen molar-refractivity contribution in [1.82, 2.24) is 20.2 Å². The molecule has 108 valence electrons. The predicted molar refractivity (Wildman–Crippen MR) is 83.5 cm³/mol. The van der Waals surface area contributed by atoms with Crippen LogP contribution < -0.4 is 5.32 Å². The maximum Gasteiger partial charge on any atom is 0.0795 e. The van der Waals surface area contributed by atoms with Gasteiger partial charge in [0.05, 0.1) is 16.9 Å². The van der Waals surface area contributed by atoms with Crippen molar-refractivity contribution in [3.63, 3.8) is 0 Å². The maximum atomic E-state index is 4.53. The minimum Gasteiger partial charge on any atom is -0.313 e. The van der Waals surface area contributed by atoms with Gasteiger partial charge in [-0.1, -0.05) is 13.0 Å². The zero-order valence-corrected chi connectivity index (χ0v) is 13.0. The average molecular weight is 290 g/mol. The highest BCUT2D eigenvalue weighted by Gasteiger charge is 2.04. The van der Waals surface area contributed by atoms with Crippen molar-refractivity contribution in [3.05, 3.63) is 46.2 Å². The summed E-state index contributed by atoms with van der Waals surface area (Å²) in [6.45, 7) is 5.84. The first-order chi connectivity index (χ1) is 9.78. The molecular weight excluding hydrogens is 268 g/mol. The number of nitrogens with one attached hydrogen (secondary N) is 1. The number of hydrogen-bond donors (Lipinski definition) is 1. The molecular formula is C15H22N4S. The van der Waals surface area contributed by atoms with Gasteiger partial charge in [-0.05, 0) is 31.6 Å². The Morgan fingerprint density at radius 1 is 1.20 bits per heavy atom. The van der Waals surface area contributed by atoms with E-state index in [1.54, 1.807) is 11.3 Å². The molecule has 1 N–H and O–H groups in total. The van der Waals surface area contributed by atoms with Gasteiger partial charge in [-0.3, -0.25) is 9.88 Å². The fourth-order valence-electron chi connectivity index (χ4n) is 1.99. The van der Waals surface area contributed by atoms with Gasteiger partial charge in [0.2, 0.25) is 0 Å². The number of aromatic nitrogens is 2. The normalized spacial score (nSPS) is 11.2. The zero-order chi connectivity index (χ0) is 14.2. The lowest BCUT2D eigenvalue weighted by molar-refractivity contribution is 0.312. The molecule has 0 aliphatic rings. The molecule has 0 aromatic carbocycles. The fraction of sp³-hybridized carbons (Fsp3) is 0.467. The molecule has 0 fully saturated rings. The van der Waals surface area contributed by atoms with E-state index in [9.17, 15) is 0 Å². The summed E-state index contributed by atoms with van der Waals surface area (Å²) in [7, 11) is 2.09. The van der Waals surface area contributed by atoms with E-state index in [-0.39, 0.29) is 0 Å². The number of nitrogens with zero attached hydrogens (tertiary/aromatic N) is 3. The molecule has 0 spiro atoms. The van der Waals surface area contributed by atoms with E-state index in [1.807, 2.05) is 11.7 Å². The molecule has 0 bridgehead atoms. The third kappa shape index (κ3) is 5.00. The average Bonchev–Trinajstić information content (AvgIpc) is 2.94. The smallest absolute Gasteiger partial charge is 0.0795 e. The van der Waals surface area contributed by atoms with Crippen LogP contribution in [0.1, 0.15) is 30.3 Å². The van der Waals surface area contributed by atoms with Gasteiger partial charge < -0.3 is 5.32 Å². The van der Waals surface area contributed by atoms with E-state index in [2.05, 4.69) is 51.7 Å². The van der Waals surface area contributed by atoms with E-state index in [0.29, 0.717) is 0 Å². The van der Waals surface area contributed by atoms with Crippen LogP contribution in [0.5, 0.6) is 0 Å². The molecule has 0 atom stereocenters. The molecule has 20 heavy (non-hydrogen) atoms. The summed E-state index contributed by atoms with van der Waals surface area (Å²) in [5, 5.41) is 5.47. The largest absolute Gasteiger partial charge is 0.313 e. The van der Waals surface area contributed by atoms with Crippen LogP contribution in [-0.4, -0.2) is 28.5 Å². The number of rotatable bonds is 8. The van der Waals surface area contributed by atoms with Crippen LogP contribution in [0.4, 0.5) is 0 Å². The standard InChI is InChI=1S/C15H22N4S/c1-3-6-16-7-13-4-5-14(17-8-13)9-19(2)10-15-11-20-12-18-15/h4-5,8,11-12,16H,3,6-7,9-10H2,1-2H3. The number of hydrogen-bond acceptors (Lipinski definition) is 5. The Bertz CT molecular complexity index is 481. The van der Waals surface area contributed by atoms with E-state index in [0.717, 1.165) is 44.0 Å². The first-order valence-corrected chi connectivity index (χ1v) is 7.92. The minimum absolute atomic E-state index is 0.847. The van der Waals surface area contributed by atoms with Crippen molar-refractivity contribution in [1.29, 1.82) is 0 Å². The number of pyridine rings is 1. The fourth-order valence-corrected chi connectivity index (χ4v) is 2.54. The van der Waals surface area contributed by atoms with Crippen molar-refractivity contribution in [2.75, 3.05) is 13.6 Å². The Morgan fingerprint density at radius 3 is 2.70 bits per heavy atom. The van der Waals surface area contributed by atoms with Gasteiger partial charge >= 0.3 is 0 Å². The summed E-state index contributed by atoms with van der Waals surface area (Å²) < 4.78 is 0. The second-order valence-corrected chi connectivity index (χ2v) is 5.71. The monoisotopic (exact) mass is 290 g/mol. The highest BCUT2D eigenvalue weighted by molar-refractivity contribution is 7.07. The van der Waals surface area contributed by atoms with E-state index in [4.69, 9.17) is 0 Å². The molecule has 4 nitrogen and oxygen atoms in total. The summed E-state index contributed by atoms with van der Waals surface area (Å²) in [4.78, 5) is 11.1. The molecule has 2 heterocycles. The van der Waals surface area contributed by atoms with Crippen LogP contribution in [0, 0.1) is 0 Å². The number of thiazole rings is 1. The molecule has 0 radical (unpaired) electrons. The topological polar surface area (TPSA) is 41.0 Å². The van der Waals surface area contributed by atoms with E-state index in [1.165, 1.54) is 5.56 Å². The van der Waals surface area contributed by atoms with Gasteiger partial charge in [-0.2, -0.15) is 0 Å². The third-order valence-corrected chi connectivity index (χ3v) is 3.62. The van der Waals surface area contributed by atoms with E-state index >= 15 is 0 Å². The van der Waals surface area contributed by atoms with E-state index < -0.39 is 0 Å². The minimum atomic E-state index is 0.847. The van der Waals surface area contributed by atoms with Crippen molar-refractivity contribution in [2.24, 2.45) is 0 Å². The summed E-state index contributed by atoms with van der Waals surface area (Å²) in [5.41, 5.74) is 5.34. The molecule has 0 unspecified atom stereocenters.